The highest BCUT2D eigenvalue weighted by Gasteiger charge is 2.29. The van der Waals surface area contributed by atoms with E-state index in [1.54, 1.807) is 0 Å². The highest BCUT2D eigenvalue weighted by Crippen LogP contribution is 2.18. The predicted octanol–water partition coefficient (Wildman–Crippen LogP) is 1.77. The minimum absolute atomic E-state index is 0.0536. The monoisotopic (exact) mass is 249 g/mol. The van der Waals surface area contributed by atoms with Gasteiger partial charge in [0.25, 0.3) is 5.91 Å². The van der Waals surface area contributed by atoms with Crippen molar-refractivity contribution in [3.8, 4) is 0 Å². The molecule has 0 unspecified atom stereocenters. The van der Waals surface area contributed by atoms with Gasteiger partial charge in [-0.15, -0.1) is 0 Å². The van der Waals surface area contributed by atoms with Crippen LogP contribution in [0.5, 0.6) is 0 Å². The quantitative estimate of drug-likeness (QED) is 0.854. The van der Waals surface area contributed by atoms with Crippen molar-refractivity contribution >= 4 is 5.91 Å². The Balaban J connectivity index is 2.04. The minimum Gasteiger partial charge on any atom is -0.346 e. The molecule has 1 aliphatic heterocycles. The molecule has 1 saturated heterocycles. The lowest BCUT2D eigenvalue weighted by molar-refractivity contribution is 0.0878. The summed E-state index contributed by atoms with van der Waals surface area (Å²) in [6, 6.07) is 3.84. The lowest BCUT2D eigenvalue weighted by atomic mass is 9.90. The fourth-order valence-corrected chi connectivity index (χ4v) is 2.50. The fraction of sp³-hybridized carbons (Fsp3) is 0.643. The maximum absolute atomic E-state index is 12.3. The minimum atomic E-state index is -0.0658. The van der Waals surface area contributed by atoms with Gasteiger partial charge in [-0.3, -0.25) is 4.79 Å². The van der Waals surface area contributed by atoms with Gasteiger partial charge in [-0.1, -0.05) is 6.92 Å². The molecule has 0 atom stereocenters. The van der Waals surface area contributed by atoms with E-state index in [4.69, 9.17) is 0 Å². The lowest BCUT2D eigenvalue weighted by Gasteiger charge is -2.35. The molecule has 0 saturated carbocycles. The highest BCUT2D eigenvalue weighted by molar-refractivity contribution is 5.93. The number of nitrogens with one attached hydrogen (secondary N) is 2. The van der Waals surface area contributed by atoms with Gasteiger partial charge in [-0.2, -0.15) is 0 Å². The molecule has 0 aromatic carbocycles. The molecule has 0 spiro atoms. The Morgan fingerprint density at radius 3 is 2.89 bits per heavy atom. The Hall–Kier alpha value is -1.29. The third-order valence-electron chi connectivity index (χ3n) is 3.65. The molecule has 1 fully saturated rings. The van der Waals surface area contributed by atoms with Gasteiger partial charge < -0.3 is 15.2 Å². The van der Waals surface area contributed by atoms with E-state index < -0.39 is 0 Å². The molecule has 4 heteroatoms. The Kier molecular flexibility index (Phi) is 4.07. The summed E-state index contributed by atoms with van der Waals surface area (Å²) in [5, 5.41) is 6.52. The number of hydrogen-bond donors (Lipinski definition) is 2. The van der Waals surface area contributed by atoms with Gasteiger partial charge in [0.15, 0.2) is 0 Å². The summed E-state index contributed by atoms with van der Waals surface area (Å²) >= 11 is 0. The van der Waals surface area contributed by atoms with E-state index in [1.807, 2.05) is 22.9 Å². The average Bonchev–Trinajstić information content (AvgIpc) is 2.78. The van der Waals surface area contributed by atoms with Crippen LogP contribution in [-0.2, 0) is 6.54 Å². The summed E-state index contributed by atoms with van der Waals surface area (Å²) < 4.78 is 2.03. The van der Waals surface area contributed by atoms with Crippen molar-refractivity contribution in [2.24, 2.45) is 0 Å². The molecule has 1 amide bonds. The smallest absolute Gasteiger partial charge is 0.268 e. The third kappa shape index (κ3) is 2.93. The maximum atomic E-state index is 12.3. The second kappa shape index (κ2) is 5.57. The van der Waals surface area contributed by atoms with E-state index in [-0.39, 0.29) is 11.4 Å². The summed E-state index contributed by atoms with van der Waals surface area (Å²) in [5.74, 6) is 0.0536. The van der Waals surface area contributed by atoms with Crippen LogP contribution in [0.25, 0.3) is 0 Å². The molecule has 1 aromatic heterocycles. The first kappa shape index (κ1) is 13.1. The van der Waals surface area contributed by atoms with Gasteiger partial charge in [-0.05, 0) is 51.4 Å². The molecule has 100 valence electrons. The van der Waals surface area contributed by atoms with Crippen LogP contribution in [0.1, 0.15) is 43.6 Å². The standard InChI is InChI=1S/C14H23N3O/c1-3-10-17-11-4-5-12(17)13(18)16-14(2)6-8-15-9-7-14/h4-5,11,15H,3,6-10H2,1-2H3,(H,16,18). The molecule has 0 radical (unpaired) electrons. The highest BCUT2D eigenvalue weighted by atomic mass is 16.2. The maximum Gasteiger partial charge on any atom is 0.268 e. The molecule has 1 aliphatic rings. The van der Waals surface area contributed by atoms with Gasteiger partial charge in [0.2, 0.25) is 0 Å². The van der Waals surface area contributed by atoms with E-state index in [9.17, 15) is 4.79 Å². The SMILES string of the molecule is CCCn1cccc1C(=O)NC1(C)CCNCC1. The Morgan fingerprint density at radius 2 is 2.22 bits per heavy atom. The lowest BCUT2D eigenvalue weighted by Crippen LogP contribution is -2.52. The number of aromatic nitrogens is 1. The molecule has 0 bridgehead atoms. The normalized spacial score (nSPS) is 18.6. The van der Waals surface area contributed by atoms with E-state index in [2.05, 4.69) is 24.5 Å². The number of hydrogen-bond acceptors (Lipinski definition) is 2. The van der Waals surface area contributed by atoms with Gasteiger partial charge >= 0.3 is 0 Å². The number of nitrogens with zero attached hydrogens (tertiary/aromatic N) is 1. The zero-order chi connectivity index (χ0) is 13.0. The second-order valence-corrected chi connectivity index (χ2v) is 5.35. The molecule has 18 heavy (non-hydrogen) atoms. The topological polar surface area (TPSA) is 46.1 Å². The van der Waals surface area contributed by atoms with E-state index in [0.717, 1.165) is 44.6 Å². The van der Waals surface area contributed by atoms with Gasteiger partial charge in [-0.25, -0.2) is 0 Å². The van der Waals surface area contributed by atoms with E-state index in [0.29, 0.717) is 0 Å². The summed E-state index contributed by atoms with van der Waals surface area (Å²) in [4.78, 5) is 12.3. The Bertz CT molecular complexity index is 405. The van der Waals surface area contributed by atoms with Gasteiger partial charge in [0.1, 0.15) is 5.69 Å². The van der Waals surface area contributed by atoms with Crippen LogP contribution in [0.4, 0.5) is 0 Å². The van der Waals surface area contributed by atoms with E-state index >= 15 is 0 Å². The largest absolute Gasteiger partial charge is 0.346 e. The Labute approximate surface area is 109 Å². The number of aryl methyl sites for hydroxylation is 1. The molecular formula is C14H23N3O. The van der Waals surface area contributed by atoms with Crippen molar-refractivity contribution in [2.45, 2.75) is 45.2 Å². The van der Waals surface area contributed by atoms with Crippen LogP contribution in [0, 0.1) is 0 Å². The van der Waals surface area contributed by atoms with Crippen LogP contribution in [0.3, 0.4) is 0 Å². The molecule has 2 heterocycles. The van der Waals surface area contributed by atoms with Crippen molar-refractivity contribution in [1.29, 1.82) is 0 Å². The number of carbonyl (C=O) groups is 1. The van der Waals surface area contributed by atoms with Crippen molar-refractivity contribution in [3.05, 3.63) is 24.0 Å². The van der Waals surface area contributed by atoms with Crippen LogP contribution in [0.15, 0.2) is 18.3 Å². The summed E-state index contributed by atoms with van der Waals surface area (Å²) in [7, 11) is 0. The fourth-order valence-electron chi connectivity index (χ4n) is 2.50. The Morgan fingerprint density at radius 1 is 1.50 bits per heavy atom. The summed E-state index contributed by atoms with van der Waals surface area (Å²) in [5.41, 5.74) is 0.709. The molecule has 2 N–H and O–H groups in total. The first-order chi connectivity index (χ1) is 8.64. The van der Waals surface area contributed by atoms with Crippen molar-refractivity contribution in [1.82, 2.24) is 15.2 Å². The number of amides is 1. The van der Waals surface area contributed by atoms with Crippen molar-refractivity contribution in [2.75, 3.05) is 13.1 Å². The molecule has 4 nitrogen and oxygen atoms in total. The van der Waals surface area contributed by atoms with Crippen LogP contribution >= 0.6 is 0 Å². The van der Waals surface area contributed by atoms with Gasteiger partial charge in [0.05, 0.1) is 0 Å². The van der Waals surface area contributed by atoms with Crippen LogP contribution in [0.2, 0.25) is 0 Å². The molecule has 0 aliphatic carbocycles. The van der Waals surface area contributed by atoms with Gasteiger partial charge in [0, 0.05) is 18.3 Å². The number of carbonyl (C=O) groups excluding carboxylic acids is 1. The predicted molar refractivity (Wildman–Crippen MR) is 72.7 cm³/mol. The zero-order valence-corrected chi connectivity index (χ0v) is 11.3. The number of rotatable bonds is 4. The summed E-state index contributed by atoms with van der Waals surface area (Å²) in [6.45, 7) is 7.11. The van der Waals surface area contributed by atoms with E-state index in [1.165, 1.54) is 0 Å². The average molecular weight is 249 g/mol. The first-order valence-electron chi connectivity index (χ1n) is 6.83. The first-order valence-corrected chi connectivity index (χ1v) is 6.83. The molecule has 2 rings (SSSR count). The summed E-state index contributed by atoms with van der Waals surface area (Å²) in [6.07, 6.45) is 5.00. The molecule has 1 aromatic rings. The van der Waals surface area contributed by atoms with Crippen LogP contribution in [-0.4, -0.2) is 29.1 Å². The third-order valence-corrected chi connectivity index (χ3v) is 3.65. The van der Waals surface area contributed by atoms with Crippen molar-refractivity contribution in [3.63, 3.8) is 0 Å². The van der Waals surface area contributed by atoms with Crippen molar-refractivity contribution < 1.29 is 4.79 Å². The second-order valence-electron chi connectivity index (χ2n) is 5.35. The molecular weight excluding hydrogens is 226 g/mol. The number of piperidine rings is 1. The van der Waals surface area contributed by atoms with Crippen LogP contribution < -0.4 is 10.6 Å². The zero-order valence-electron chi connectivity index (χ0n) is 11.3.